The summed E-state index contributed by atoms with van der Waals surface area (Å²) in [6.07, 6.45) is -0.632. The summed E-state index contributed by atoms with van der Waals surface area (Å²) < 4.78 is 44.5. The average molecular weight is 401 g/mol. The van der Waals surface area contributed by atoms with Gasteiger partial charge in [-0.25, -0.2) is 17.6 Å². The molecule has 1 aliphatic rings. The van der Waals surface area contributed by atoms with Crippen molar-refractivity contribution in [2.24, 2.45) is 0 Å². The highest BCUT2D eigenvalue weighted by Gasteiger charge is 2.41. The number of benzene rings is 1. The highest BCUT2D eigenvalue weighted by molar-refractivity contribution is 7.89. The zero-order valence-corrected chi connectivity index (χ0v) is 15.6. The number of rotatable bonds is 5. The van der Waals surface area contributed by atoms with Crippen LogP contribution < -0.4 is 10.6 Å². The minimum Gasteiger partial charge on any atom is -0.451 e. The second-order valence-corrected chi connectivity index (χ2v) is 7.77. The Morgan fingerprint density at radius 1 is 1.26 bits per heavy atom. The molecule has 3 amide bonds. The highest BCUT2D eigenvalue weighted by atomic mass is 32.2. The maximum atomic E-state index is 13.0. The van der Waals surface area contributed by atoms with Crippen LogP contribution in [0.15, 0.2) is 29.2 Å². The number of carbonyl (C=O) groups excluding carboxylic acids is 3. The van der Waals surface area contributed by atoms with Gasteiger partial charge < -0.3 is 10.1 Å². The smallest absolute Gasteiger partial charge is 0.325 e. The standard InChI is InChI=1S/C16H20FN3O6S/c1-10(14(21)19-16(23)18-2)26-15(22)13-4-3-9-20(13)27(24,25)12-7-5-11(17)6-8-12/h5-8,10,13H,3-4,9H2,1-2H3,(H2,18,19,21,23)/t10-,13+/m1/s1. The lowest BCUT2D eigenvalue weighted by atomic mass is 10.2. The molecule has 1 heterocycles. The number of ether oxygens (including phenoxy) is 1. The van der Waals surface area contributed by atoms with E-state index in [0.717, 1.165) is 28.6 Å². The molecule has 0 saturated carbocycles. The van der Waals surface area contributed by atoms with Crippen molar-refractivity contribution in [1.29, 1.82) is 0 Å². The van der Waals surface area contributed by atoms with Crippen molar-refractivity contribution >= 4 is 27.9 Å². The van der Waals surface area contributed by atoms with Gasteiger partial charge in [-0.05, 0) is 44.0 Å². The first kappa shape index (κ1) is 20.8. The van der Waals surface area contributed by atoms with Crippen molar-refractivity contribution in [1.82, 2.24) is 14.9 Å². The number of hydrogen-bond donors (Lipinski definition) is 2. The molecule has 1 aromatic rings. The summed E-state index contributed by atoms with van der Waals surface area (Å²) in [7, 11) is -2.71. The predicted octanol–water partition coefficient (Wildman–Crippen LogP) is 0.366. The van der Waals surface area contributed by atoms with Gasteiger partial charge in [0.1, 0.15) is 11.9 Å². The molecule has 2 atom stereocenters. The average Bonchev–Trinajstić information content (AvgIpc) is 3.12. The molecule has 0 aliphatic carbocycles. The zero-order chi connectivity index (χ0) is 20.2. The molecule has 0 radical (unpaired) electrons. The van der Waals surface area contributed by atoms with E-state index in [1.807, 2.05) is 5.32 Å². The third kappa shape index (κ3) is 4.80. The van der Waals surface area contributed by atoms with Crippen molar-refractivity contribution in [3.05, 3.63) is 30.1 Å². The number of sulfonamides is 1. The predicted molar refractivity (Wildman–Crippen MR) is 91.5 cm³/mol. The first-order chi connectivity index (χ1) is 12.7. The molecular formula is C16H20FN3O6S. The summed E-state index contributed by atoms with van der Waals surface area (Å²) in [6.45, 7) is 1.36. The number of carbonyl (C=O) groups is 3. The molecule has 0 bridgehead atoms. The summed E-state index contributed by atoms with van der Waals surface area (Å²) in [4.78, 5) is 35.2. The van der Waals surface area contributed by atoms with Gasteiger partial charge in [0.15, 0.2) is 6.10 Å². The van der Waals surface area contributed by atoms with E-state index >= 15 is 0 Å². The molecule has 9 nitrogen and oxygen atoms in total. The molecule has 1 fully saturated rings. The fourth-order valence-corrected chi connectivity index (χ4v) is 4.23. The lowest BCUT2D eigenvalue weighted by molar-refractivity contribution is -0.157. The second-order valence-electron chi connectivity index (χ2n) is 5.88. The molecule has 1 aromatic carbocycles. The van der Waals surface area contributed by atoms with Gasteiger partial charge >= 0.3 is 12.0 Å². The molecule has 0 unspecified atom stereocenters. The topological polar surface area (TPSA) is 122 Å². The number of nitrogens with zero attached hydrogens (tertiary/aromatic N) is 1. The fraction of sp³-hybridized carbons (Fsp3) is 0.438. The van der Waals surface area contributed by atoms with Crippen LogP contribution in [0.1, 0.15) is 19.8 Å². The minimum atomic E-state index is -4.03. The van der Waals surface area contributed by atoms with Crippen molar-refractivity contribution < 1.29 is 31.9 Å². The molecule has 1 aliphatic heterocycles. The molecule has 148 valence electrons. The highest BCUT2D eigenvalue weighted by Crippen LogP contribution is 2.27. The van der Waals surface area contributed by atoms with Crippen LogP contribution in [-0.4, -0.2) is 56.4 Å². The summed E-state index contributed by atoms with van der Waals surface area (Å²) >= 11 is 0. The van der Waals surface area contributed by atoms with Crippen LogP contribution in [0.4, 0.5) is 9.18 Å². The molecule has 11 heteroatoms. The van der Waals surface area contributed by atoms with Crippen LogP contribution in [0.25, 0.3) is 0 Å². The Kier molecular flexibility index (Phi) is 6.50. The van der Waals surface area contributed by atoms with E-state index in [1.54, 1.807) is 0 Å². The number of amides is 3. The zero-order valence-electron chi connectivity index (χ0n) is 14.8. The van der Waals surface area contributed by atoms with E-state index in [0.29, 0.717) is 6.42 Å². The number of urea groups is 1. The van der Waals surface area contributed by atoms with Gasteiger partial charge in [0.2, 0.25) is 10.0 Å². The van der Waals surface area contributed by atoms with Crippen molar-refractivity contribution in [2.75, 3.05) is 13.6 Å². The minimum absolute atomic E-state index is 0.0955. The molecular weight excluding hydrogens is 381 g/mol. The van der Waals surface area contributed by atoms with Gasteiger partial charge in [0, 0.05) is 13.6 Å². The van der Waals surface area contributed by atoms with E-state index in [2.05, 4.69) is 5.32 Å². The molecule has 1 saturated heterocycles. The summed E-state index contributed by atoms with van der Waals surface area (Å²) in [5.41, 5.74) is 0. The van der Waals surface area contributed by atoms with Crippen LogP contribution in [0, 0.1) is 5.82 Å². The Bertz CT molecular complexity index is 827. The van der Waals surface area contributed by atoms with Gasteiger partial charge in [-0.2, -0.15) is 4.31 Å². The van der Waals surface area contributed by atoms with Crippen LogP contribution >= 0.6 is 0 Å². The maximum Gasteiger partial charge on any atom is 0.325 e. The van der Waals surface area contributed by atoms with E-state index in [-0.39, 0.29) is 17.9 Å². The van der Waals surface area contributed by atoms with Crippen LogP contribution in [0.3, 0.4) is 0 Å². The second kappa shape index (κ2) is 8.44. The lowest BCUT2D eigenvalue weighted by Gasteiger charge is -2.24. The summed E-state index contributed by atoms with van der Waals surface area (Å²) in [5.74, 6) is -2.31. The summed E-state index contributed by atoms with van der Waals surface area (Å²) in [6, 6.07) is 2.40. The first-order valence-corrected chi connectivity index (χ1v) is 9.61. The van der Waals surface area contributed by atoms with E-state index < -0.39 is 45.9 Å². The lowest BCUT2D eigenvalue weighted by Crippen LogP contribution is -2.46. The quantitative estimate of drug-likeness (QED) is 0.688. The Balaban J connectivity index is 2.10. The van der Waals surface area contributed by atoms with E-state index in [9.17, 15) is 27.2 Å². The van der Waals surface area contributed by atoms with E-state index in [4.69, 9.17) is 4.74 Å². The normalized spacial score (nSPS) is 18.6. The van der Waals surface area contributed by atoms with E-state index in [1.165, 1.54) is 14.0 Å². The Morgan fingerprint density at radius 3 is 2.48 bits per heavy atom. The number of imide groups is 1. The van der Waals surface area contributed by atoms with Gasteiger partial charge in [-0.15, -0.1) is 0 Å². The van der Waals surface area contributed by atoms with Crippen molar-refractivity contribution in [2.45, 2.75) is 36.8 Å². The van der Waals surface area contributed by atoms with Crippen LogP contribution in [-0.2, 0) is 24.3 Å². The Labute approximate surface area is 155 Å². The number of hydrogen-bond acceptors (Lipinski definition) is 6. The SMILES string of the molecule is CNC(=O)NC(=O)[C@@H](C)OC(=O)[C@@H]1CCCN1S(=O)(=O)c1ccc(F)cc1. The maximum absolute atomic E-state index is 13.0. The molecule has 0 aromatic heterocycles. The largest absolute Gasteiger partial charge is 0.451 e. The Hall–Kier alpha value is -2.53. The number of halogens is 1. The van der Waals surface area contributed by atoms with Crippen molar-refractivity contribution in [3.8, 4) is 0 Å². The van der Waals surface area contributed by atoms with Gasteiger partial charge in [-0.3, -0.25) is 14.9 Å². The van der Waals surface area contributed by atoms with Gasteiger partial charge in [-0.1, -0.05) is 0 Å². The molecule has 27 heavy (non-hydrogen) atoms. The van der Waals surface area contributed by atoms with Crippen LogP contribution in [0.5, 0.6) is 0 Å². The third-order valence-corrected chi connectivity index (χ3v) is 5.94. The fourth-order valence-electron chi connectivity index (χ4n) is 2.59. The molecule has 0 spiro atoms. The Morgan fingerprint density at radius 2 is 1.89 bits per heavy atom. The van der Waals surface area contributed by atoms with Gasteiger partial charge in [0.05, 0.1) is 4.90 Å². The van der Waals surface area contributed by atoms with Crippen LogP contribution in [0.2, 0.25) is 0 Å². The molecule has 2 N–H and O–H groups in total. The third-order valence-electron chi connectivity index (χ3n) is 4.02. The van der Waals surface area contributed by atoms with Crippen molar-refractivity contribution in [3.63, 3.8) is 0 Å². The summed E-state index contributed by atoms with van der Waals surface area (Å²) in [5, 5.41) is 4.15. The number of esters is 1. The monoisotopic (exact) mass is 401 g/mol. The first-order valence-electron chi connectivity index (χ1n) is 8.17. The van der Waals surface area contributed by atoms with Gasteiger partial charge in [0.25, 0.3) is 5.91 Å². The number of nitrogens with one attached hydrogen (secondary N) is 2. The molecule has 2 rings (SSSR count).